The van der Waals surface area contributed by atoms with Crippen LogP contribution < -0.4 is 16.0 Å². The van der Waals surface area contributed by atoms with Crippen LogP contribution in [0.3, 0.4) is 0 Å². The number of nitrogens with one attached hydrogen (secondary N) is 3. The lowest BCUT2D eigenvalue weighted by Gasteiger charge is -2.18. The van der Waals surface area contributed by atoms with Crippen LogP contribution >= 0.6 is 0 Å². The van der Waals surface area contributed by atoms with Crippen molar-refractivity contribution in [2.45, 2.75) is 76.3 Å². The molecule has 0 atom stereocenters. The first-order valence-corrected chi connectivity index (χ1v) is 11.2. The van der Waals surface area contributed by atoms with Gasteiger partial charge < -0.3 is 49.2 Å². The molecule has 0 aromatic carbocycles. The standard InChI is InChI=1S/C21H39N3O10.6CH4/c1-29-13-7-23-20(27)33-16-18(17-34-21(28)24-8-14-30-2)32-12-5-6-19(26)22-9-15-31-11-4-3-10-25;;;;;;/h10,18H,3-9,11-17H2,1-2H3,(H,22,26)(H,23,27)(H,24,28);6*1H4. The summed E-state index contributed by atoms with van der Waals surface area (Å²) in [7, 11) is 3.02. The first-order chi connectivity index (χ1) is 16.5. The Morgan fingerprint density at radius 3 is 1.65 bits per heavy atom. The van der Waals surface area contributed by atoms with E-state index in [9.17, 15) is 19.2 Å². The predicted molar refractivity (Wildman–Crippen MR) is 161 cm³/mol. The van der Waals surface area contributed by atoms with Crippen LogP contribution in [0.4, 0.5) is 9.59 Å². The molecule has 0 aromatic heterocycles. The zero-order valence-corrected chi connectivity index (χ0v) is 20.1. The van der Waals surface area contributed by atoms with Crippen LogP contribution in [0.1, 0.15) is 70.2 Å². The summed E-state index contributed by atoms with van der Waals surface area (Å²) in [5, 5.41) is 7.73. The third-order valence-electron chi connectivity index (χ3n) is 4.03. The summed E-state index contributed by atoms with van der Waals surface area (Å²) in [5.41, 5.74) is 0. The highest BCUT2D eigenvalue weighted by molar-refractivity contribution is 5.75. The molecule has 0 spiro atoms. The lowest BCUT2D eigenvalue weighted by atomic mass is 10.3. The number of unbranched alkanes of at least 4 members (excludes halogenated alkanes) is 1. The second kappa shape index (κ2) is 41.0. The molecule has 246 valence electrons. The van der Waals surface area contributed by atoms with Gasteiger partial charge in [0, 0.05) is 59.9 Å². The van der Waals surface area contributed by atoms with Crippen LogP contribution in [0.5, 0.6) is 0 Å². The van der Waals surface area contributed by atoms with Crippen LogP contribution in [0.15, 0.2) is 0 Å². The number of methoxy groups -OCH3 is 2. The molecule has 0 rings (SSSR count). The van der Waals surface area contributed by atoms with E-state index in [2.05, 4.69) is 16.0 Å². The van der Waals surface area contributed by atoms with E-state index in [-0.39, 0.29) is 89.8 Å². The Bertz CT molecular complexity index is 529. The fourth-order valence-corrected chi connectivity index (χ4v) is 2.30. The lowest BCUT2D eigenvalue weighted by molar-refractivity contribution is -0.121. The summed E-state index contributed by atoms with van der Waals surface area (Å²) >= 11 is 0. The Balaban J connectivity index is -0.000000363. The average Bonchev–Trinajstić information content (AvgIpc) is 2.82. The SMILES string of the molecule is C.C.C.C.C.C.COCCNC(=O)OCC(COC(=O)NCCOC)OCCCC(=O)NCCOCCCC=O. The van der Waals surface area contributed by atoms with E-state index >= 15 is 0 Å². The van der Waals surface area contributed by atoms with Crippen molar-refractivity contribution in [2.75, 3.05) is 80.1 Å². The highest BCUT2D eigenvalue weighted by Gasteiger charge is 2.16. The Hall–Kier alpha value is -2.48. The number of carbonyl (C=O) groups is 4. The molecule has 0 fully saturated rings. The number of hydrogen-bond donors (Lipinski definition) is 3. The van der Waals surface area contributed by atoms with Crippen molar-refractivity contribution in [1.82, 2.24) is 16.0 Å². The van der Waals surface area contributed by atoms with Gasteiger partial charge in [-0.2, -0.15) is 0 Å². The third-order valence-corrected chi connectivity index (χ3v) is 4.03. The normalized spacial score (nSPS) is 8.97. The summed E-state index contributed by atoms with van der Waals surface area (Å²) in [6, 6.07) is 0. The molecule has 0 saturated carbocycles. The molecule has 0 heterocycles. The second-order valence-electron chi connectivity index (χ2n) is 6.90. The van der Waals surface area contributed by atoms with Crippen molar-refractivity contribution >= 4 is 24.4 Å². The van der Waals surface area contributed by atoms with Crippen LogP contribution in [-0.2, 0) is 38.0 Å². The van der Waals surface area contributed by atoms with Crippen molar-refractivity contribution in [1.29, 1.82) is 0 Å². The molecule has 0 aromatic rings. The first kappa shape index (κ1) is 53.7. The first-order valence-electron chi connectivity index (χ1n) is 11.2. The molecule has 13 nitrogen and oxygen atoms in total. The fourth-order valence-electron chi connectivity index (χ4n) is 2.30. The van der Waals surface area contributed by atoms with E-state index in [4.69, 9.17) is 28.4 Å². The summed E-state index contributed by atoms with van der Waals surface area (Å²) in [4.78, 5) is 45.5. The summed E-state index contributed by atoms with van der Waals surface area (Å²) in [6.45, 7) is 2.40. The molecule has 0 saturated heterocycles. The monoisotopic (exact) mass is 589 g/mol. The van der Waals surface area contributed by atoms with Gasteiger partial charge in [0.25, 0.3) is 0 Å². The summed E-state index contributed by atoms with van der Waals surface area (Å²) in [5.74, 6) is -0.154. The van der Waals surface area contributed by atoms with E-state index in [1.165, 1.54) is 14.2 Å². The Labute approximate surface area is 244 Å². The van der Waals surface area contributed by atoms with Crippen LogP contribution in [0.2, 0.25) is 0 Å². The minimum absolute atomic E-state index is 0. The van der Waals surface area contributed by atoms with Gasteiger partial charge in [0.05, 0.1) is 19.8 Å². The molecular formula is C27H63N3O10. The van der Waals surface area contributed by atoms with Crippen LogP contribution in [0.25, 0.3) is 0 Å². The Kier molecular flexibility index (Phi) is 55.1. The smallest absolute Gasteiger partial charge is 0.407 e. The number of carbonyl (C=O) groups excluding carboxylic acids is 4. The molecular weight excluding hydrogens is 526 g/mol. The number of amides is 3. The minimum atomic E-state index is -0.704. The quantitative estimate of drug-likeness (QED) is 0.125. The maximum Gasteiger partial charge on any atom is 0.407 e. The lowest BCUT2D eigenvalue weighted by Crippen LogP contribution is -2.35. The van der Waals surface area contributed by atoms with Gasteiger partial charge >= 0.3 is 12.2 Å². The van der Waals surface area contributed by atoms with Crippen LogP contribution in [-0.4, -0.2) is 111 Å². The predicted octanol–water partition coefficient (Wildman–Crippen LogP) is 3.83. The van der Waals surface area contributed by atoms with Crippen molar-refractivity contribution in [3.8, 4) is 0 Å². The summed E-state index contributed by atoms with van der Waals surface area (Å²) < 4.78 is 30.8. The molecule has 0 unspecified atom stereocenters. The van der Waals surface area contributed by atoms with Crippen LogP contribution in [0, 0.1) is 0 Å². The van der Waals surface area contributed by atoms with E-state index in [0.717, 1.165) is 6.29 Å². The van der Waals surface area contributed by atoms with Crippen molar-refractivity contribution in [3.63, 3.8) is 0 Å². The maximum absolute atomic E-state index is 11.9. The van der Waals surface area contributed by atoms with E-state index in [0.29, 0.717) is 52.2 Å². The van der Waals surface area contributed by atoms with Crippen molar-refractivity contribution < 1.29 is 47.6 Å². The van der Waals surface area contributed by atoms with Gasteiger partial charge in [-0.1, -0.05) is 44.6 Å². The minimum Gasteiger partial charge on any atom is -0.447 e. The molecule has 3 N–H and O–H groups in total. The van der Waals surface area contributed by atoms with Gasteiger partial charge in [0.1, 0.15) is 25.6 Å². The largest absolute Gasteiger partial charge is 0.447 e. The molecule has 0 aliphatic rings. The van der Waals surface area contributed by atoms with Gasteiger partial charge in [0.2, 0.25) is 5.91 Å². The van der Waals surface area contributed by atoms with E-state index in [1.807, 2.05) is 0 Å². The number of alkyl carbamates (subject to hydrolysis) is 2. The molecule has 40 heavy (non-hydrogen) atoms. The Morgan fingerprint density at radius 1 is 0.675 bits per heavy atom. The molecule has 0 radical (unpaired) electrons. The second-order valence-corrected chi connectivity index (χ2v) is 6.90. The molecule has 0 aliphatic carbocycles. The highest BCUT2D eigenvalue weighted by atomic mass is 16.6. The Morgan fingerprint density at radius 2 is 1.18 bits per heavy atom. The summed E-state index contributed by atoms with van der Waals surface area (Å²) in [6.07, 6.45) is 0.603. The molecule has 3 amide bonds. The number of ether oxygens (including phenoxy) is 6. The third kappa shape index (κ3) is 37.7. The molecule has 0 aliphatic heterocycles. The maximum atomic E-state index is 11.9. The molecule has 0 bridgehead atoms. The van der Waals surface area contributed by atoms with Gasteiger partial charge in [-0.15, -0.1) is 0 Å². The fraction of sp³-hybridized carbons (Fsp3) is 0.852. The molecule has 13 heteroatoms. The average molecular weight is 590 g/mol. The number of rotatable bonds is 22. The topological polar surface area (TPSA) is 160 Å². The van der Waals surface area contributed by atoms with Gasteiger partial charge in [-0.3, -0.25) is 4.79 Å². The number of aldehydes is 1. The zero-order chi connectivity index (χ0) is 25.3. The van der Waals surface area contributed by atoms with Crippen molar-refractivity contribution in [3.05, 3.63) is 0 Å². The van der Waals surface area contributed by atoms with Crippen molar-refractivity contribution in [2.24, 2.45) is 0 Å². The van der Waals surface area contributed by atoms with Gasteiger partial charge in [0.15, 0.2) is 0 Å². The van der Waals surface area contributed by atoms with Gasteiger partial charge in [-0.05, 0) is 12.8 Å². The van der Waals surface area contributed by atoms with Gasteiger partial charge in [-0.25, -0.2) is 9.59 Å². The highest BCUT2D eigenvalue weighted by Crippen LogP contribution is 2.00. The number of hydrogen-bond acceptors (Lipinski definition) is 10. The zero-order valence-electron chi connectivity index (χ0n) is 20.1. The van der Waals surface area contributed by atoms with E-state index < -0.39 is 18.3 Å². The van der Waals surface area contributed by atoms with E-state index in [1.54, 1.807) is 0 Å².